The van der Waals surface area contributed by atoms with Crippen molar-refractivity contribution >= 4 is 30.2 Å². The van der Waals surface area contributed by atoms with Crippen LogP contribution in [-0.4, -0.2) is 47.9 Å². The van der Waals surface area contributed by atoms with Gasteiger partial charge in [-0.25, -0.2) is 14.6 Å². The fourth-order valence-corrected chi connectivity index (χ4v) is 0.897. The van der Waals surface area contributed by atoms with E-state index in [-0.39, 0.29) is 13.2 Å². The molecule has 1 heterocycles. The van der Waals surface area contributed by atoms with Gasteiger partial charge >= 0.3 is 17.8 Å². The molecule has 1 aliphatic rings. The number of aliphatic imine (C=N–C) groups is 1. The maximum Gasteiger partial charge on any atom is 0.480 e. The van der Waals surface area contributed by atoms with E-state index in [1.807, 2.05) is 0 Å². The minimum absolute atomic E-state index is 0.239. The molecule has 2 amide bonds. The highest BCUT2D eigenvalue weighted by Crippen LogP contribution is 1.89. The van der Waals surface area contributed by atoms with Gasteiger partial charge in [0.1, 0.15) is 0 Å². The van der Waals surface area contributed by atoms with Gasteiger partial charge in [-0.3, -0.25) is 4.79 Å². The molecule has 0 aromatic rings. The number of hydrogen-bond acceptors (Lipinski definition) is 4. The second-order valence-electron chi connectivity index (χ2n) is 2.47. The van der Waals surface area contributed by atoms with Crippen molar-refractivity contribution in [2.75, 3.05) is 13.2 Å². The number of nitrogens with zero attached hydrogens (tertiary/aromatic N) is 2. The lowest BCUT2D eigenvalue weighted by atomic mass is 10.4. The van der Waals surface area contributed by atoms with E-state index < -0.39 is 17.8 Å². The predicted octanol–water partition coefficient (Wildman–Crippen LogP) is -1.23. The van der Waals surface area contributed by atoms with Gasteiger partial charge in [0.05, 0.1) is 12.8 Å². The van der Waals surface area contributed by atoms with Crippen molar-refractivity contribution in [2.45, 2.75) is 6.92 Å². The summed E-state index contributed by atoms with van der Waals surface area (Å²) in [6.07, 6.45) is 2.43. The molecule has 0 radical (unpaired) electrons. The summed E-state index contributed by atoms with van der Waals surface area (Å²) >= 11 is 0. The molecular formula is C8H9N2O4+. The lowest BCUT2D eigenvalue weighted by Crippen LogP contribution is -2.36. The number of carbonyl (C=O) groups is 3. The minimum atomic E-state index is -0.878. The summed E-state index contributed by atoms with van der Waals surface area (Å²) in [5, 5.41) is 0. The Hall–Kier alpha value is -1.85. The zero-order valence-electron chi connectivity index (χ0n) is 7.60. The average Bonchev–Trinajstić information content (AvgIpc) is 2.13. The van der Waals surface area contributed by atoms with Gasteiger partial charge in [0.25, 0.3) is 0 Å². The highest BCUT2D eigenvalue weighted by molar-refractivity contribution is 6.39. The van der Waals surface area contributed by atoms with Crippen molar-refractivity contribution < 1.29 is 23.7 Å². The van der Waals surface area contributed by atoms with Crippen LogP contribution >= 0.6 is 0 Å². The summed E-state index contributed by atoms with van der Waals surface area (Å²) in [4.78, 5) is 36.1. The molecule has 0 bridgehead atoms. The largest absolute Gasteiger partial charge is 0.480 e. The van der Waals surface area contributed by atoms with Gasteiger partial charge in [-0.2, -0.15) is 0 Å². The standard InChI is InChI=1S/C8H9N2O4/c1-2-14-6(11)5-10-4-3-9-7(12)8(10)13/h3-4H,2,5H2,1H3/q+1. The van der Waals surface area contributed by atoms with E-state index in [4.69, 9.17) is 0 Å². The zero-order valence-corrected chi connectivity index (χ0v) is 7.60. The highest BCUT2D eigenvalue weighted by atomic mass is 16.5. The van der Waals surface area contributed by atoms with Crippen LogP contribution in [0.2, 0.25) is 0 Å². The number of carbonyl (C=O) groups excluding carboxylic acids is 3. The van der Waals surface area contributed by atoms with E-state index in [1.54, 1.807) is 6.92 Å². The molecule has 14 heavy (non-hydrogen) atoms. The zero-order chi connectivity index (χ0) is 10.6. The topological polar surface area (TPSA) is 75.8 Å². The molecule has 74 valence electrons. The summed E-state index contributed by atoms with van der Waals surface area (Å²) in [6, 6.07) is 0. The number of ether oxygens (including phenoxy) is 1. The number of hydrogen-bond donors (Lipinski definition) is 0. The van der Waals surface area contributed by atoms with Crippen molar-refractivity contribution in [3.63, 3.8) is 0 Å². The van der Waals surface area contributed by atoms with Crippen molar-refractivity contribution in [1.82, 2.24) is 0 Å². The Balaban J connectivity index is 2.65. The molecule has 0 fully saturated rings. The molecule has 6 heteroatoms. The Kier molecular flexibility index (Phi) is 3.22. The Labute approximate surface area is 79.9 Å². The Morgan fingerprint density at radius 3 is 2.93 bits per heavy atom. The van der Waals surface area contributed by atoms with E-state index >= 15 is 0 Å². The van der Waals surface area contributed by atoms with Gasteiger partial charge in [0.2, 0.25) is 6.54 Å². The average molecular weight is 197 g/mol. The second kappa shape index (κ2) is 4.40. The van der Waals surface area contributed by atoms with E-state index in [1.165, 1.54) is 12.4 Å². The molecule has 6 nitrogen and oxygen atoms in total. The van der Waals surface area contributed by atoms with E-state index in [0.717, 1.165) is 4.58 Å². The Bertz CT molecular complexity index is 343. The molecule has 0 saturated carbocycles. The third-order valence-electron chi connectivity index (χ3n) is 1.49. The van der Waals surface area contributed by atoms with Crippen molar-refractivity contribution in [3.8, 4) is 0 Å². The normalized spacial score (nSPS) is 15.4. The van der Waals surface area contributed by atoms with Crippen LogP contribution in [0.5, 0.6) is 0 Å². The molecule has 1 rings (SSSR count). The molecule has 0 aromatic heterocycles. The van der Waals surface area contributed by atoms with Crippen molar-refractivity contribution in [3.05, 3.63) is 0 Å². The molecule has 0 atom stereocenters. The Morgan fingerprint density at radius 1 is 1.57 bits per heavy atom. The van der Waals surface area contributed by atoms with Crippen LogP contribution in [-0.2, 0) is 19.1 Å². The van der Waals surface area contributed by atoms with Crippen LogP contribution in [0.15, 0.2) is 4.99 Å². The molecule has 0 N–H and O–H groups in total. The first-order valence-corrected chi connectivity index (χ1v) is 4.03. The Morgan fingerprint density at radius 2 is 2.29 bits per heavy atom. The molecule has 0 saturated heterocycles. The number of rotatable bonds is 3. The third kappa shape index (κ3) is 2.32. The van der Waals surface area contributed by atoms with Crippen LogP contribution in [0.25, 0.3) is 0 Å². The van der Waals surface area contributed by atoms with Crippen LogP contribution in [0, 0.1) is 0 Å². The van der Waals surface area contributed by atoms with Gasteiger partial charge in [-0.15, -0.1) is 4.58 Å². The fourth-order valence-electron chi connectivity index (χ4n) is 0.897. The summed E-state index contributed by atoms with van der Waals surface area (Å²) in [5.41, 5.74) is 0. The van der Waals surface area contributed by atoms with Gasteiger partial charge in [-0.05, 0) is 6.92 Å². The van der Waals surface area contributed by atoms with Crippen LogP contribution in [0.1, 0.15) is 6.92 Å². The molecule has 1 aliphatic heterocycles. The SMILES string of the molecule is CCOC(=O)C[N+]1=CC=NC(=O)C1=O. The van der Waals surface area contributed by atoms with Gasteiger partial charge < -0.3 is 4.74 Å². The predicted molar refractivity (Wildman–Crippen MR) is 46.3 cm³/mol. The molecular weight excluding hydrogens is 188 g/mol. The van der Waals surface area contributed by atoms with E-state index in [2.05, 4.69) is 9.73 Å². The first-order valence-electron chi connectivity index (χ1n) is 4.03. The first kappa shape index (κ1) is 10.2. The smallest absolute Gasteiger partial charge is 0.461 e. The minimum Gasteiger partial charge on any atom is -0.461 e. The van der Waals surface area contributed by atoms with Gasteiger partial charge in [0.15, 0.2) is 6.21 Å². The lowest BCUT2D eigenvalue weighted by Gasteiger charge is -2.00. The van der Waals surface area contributed by atoms with Crippen molar-refractivity contribution in [1.29, 1.82) is 0 Å². The summed E-state index contributed by atoms with van der Waals surface area (Å²) in [5.74, 6) is -2.25. The first-order chi connectivity index (χ1) is 6.65. The van der Waals surface area contributed by atoms with Crippen LogP contribution < -0.4 is 0 Å². The van der Waals surface area contributed by atoms with Crippen molar-refractivity contribution in [2.24, 2.45) is 4.99 Å². The monoisotopic (exact) mass is 197 g/mol. The van der Waals surface area contributed by atoms with Crippen LogP contribution in [0.3, 0.4) is 0 Å². The van der Waals surface area contributed by atoms with E-state index in [9.17, 15) is 14.4 Å². The van der Waals surface area contributed by atoms with Crippen LogP contribution in [0.4, 0.5) is 0 Å². The molecule has 0 spiro atoms. The third-order valence-corrected chi connectivity index (χ3v) is 1.49. The summed E-state index contributed by atoms with van der Waals surface area (Å²) < 4.78 is 5.59. The lowest BCUT2D eigenvalue weighted by molar-refractivity contribution is -0.430. The number of amides is 2. The number of esters is 1. The van der Waals surface area contributed by atoms with Gasteiger partial charge in [-0.1, -0.05) is 0 Å². The quantitative estimate of drug-likeness (QED) is 0.322. The molecule has 0 aromatic carbocycles. The second-order valence-corrected chi connectivity index (χ2v) is 2.47. The maximum absolute atomic E-state index is 11.1. The molecule has 0 aliphatic carbocycles. The summed E-state index contributed by atoms with van der Waals surface area (Å²) in [6.45, 7) is 1.64. The maximum atomic E-state index is 11.1. The van der Waals surface area contributed by atoms with E-state index in [0.29, 0.717) is 0 Å². The summed E-state index contributed by atoms with van der Waals surface area (Å²) in [7, 11) is 0. The highest BCUT2D eigenvalue weighted by Gasteiger charge is 2.30. The molecule has 0 unspecified atom stereocenters. The fraction of sp³-hybridized carbons (Fsp3) is 0.375. The van der Waals surface area contributed by atoms with Gasteiger partial charge in [0, 0.05) is 0 Å².